The predicted octanol–water partition coefficient (Wildman–Crippen LogP) is 1.84. The van der Waals surface area contributed by atoms with E-state index < -0.39 is 11.9 Å². The molecule has 0 bridgehead atoms. The van der Waals surface area contributed by atoms with E-state index in [1.165, 1.54) is 0 Å². The first-order valence-electron chi connectivity index (χ1n) is 6.54. The number of anilines is 2. The molecule has 0 radical (unpaired) electrons. The van der Waals surface area contributed by atoms with Gasteiger partial charge in [0.2, 0.25) is 0 Å². The first-order valence-corrected chi connectivity index (χ1v) is 7.35. The van der Waals surface area contributed by atoms with Gasteiger partial charge in [-0.1, -0.05) is 13.3 Å². The number of unbranched alkanes of at least 4 members (excludes halogenated alkanes) is 1. The average Bonchev–Trinajstić information content (AvgIpc) is 2.74. The number of thiophene rings is 1. The van der Waals surface area contributed by atoms with Crippen molar-refractivity contribution in [3.8, 4) is 0 Å². The van der Waals surface area contributed by atoms with Crippen molar-refractivity contribution in [3.05, 3.63) is 10.4 Å². The monoisotopic (exact) mass is 299 g/mol. The highest BCUT2D eigenvalue weighted by molar-refractivity contribution is 7.19. The van der Waals surface area contributed by atoms with Crippen LogP contribution < -0.4 is 16.4 Å². The fourth-order valence-electron chi connectivity index (χ4n) is 1.78. The largest absolute Gasteiger partial charge is 0.462 e. The molecule has 112 valence electrons. The number of carbonyl (C=O) groups is 2. The summed E-state index contributed by atoms with van der Waals surface area (Å²) in [6.07, 6.45) is 2.00. The molecule has 0 aliphatic rings. The van der Waals surface area contributed by atoms with Crippen LogP contribution in [0.4, 0.5) is 10.7 Å². The molecule has 0 saturated carbocycles. The van der Waals surface area contributed by atoms with Crippen LogP contribution >= 0.6 is 11.3 Å². The van der Waals surface area contributed by atoms with Crippen LogP contribution in [0, 0.1) is 0 Å². The number of amides is 1. The highest BCUT2D eigenvalue weighted by Gasteiger charge is 2.26. The molecule has 20 heavy (non-hydrogen) atoms. The molecule has 0 aromatic carbocycles. The summed E-state index contributed by atoms with van der Waals surface area (Å²) >= 11 is 1.15. The summed E-state index contributed by atoms with van der Waals surface area (Å²) in [7, 11) is 1.85. The number of carbonyl (C=O) groups excluding carboxylic acids is 2. The molecule has 0 spiro atoms. The molecule has 1 rings (SSSR count). The van der Waals surface area contributed by atoms with Gasteiger partial charge in [0.15, 0.2) is 0 Å². The Morgan fingerprint density at radius 2 is 2.00 bits per heavy atom. The third-order valence-corrected chi connectivity index (χ3v) is 4.13. The van der Waals surface area contributed by atoms with Gasteiger partial charge >= 0.3 is 5.97 Å². The van der Waals surface area contributed by atoms with E-state index in [9.17, 15) is 9.59 Å². The van der Waals surface area contributed by atoms with Crippen LogP contribution in [0.3, 0.4) is 0 Å². The van der Waals surface area contributed by atoms with E-state index in [1.807, 2.05) is 11.9 Å². The number of rotatable bonds is 7. The van der Waals surface area contributed by atoms with Crippen molar-refractivity contribution in [3.63, 3.8) is 0 Å². The van der Waals surface area contributed by atoms with Crippen molar-refractivity contribution in [2.24, 2.45) is 5.73 Å². The topological polar surface area (TPSA) is 98.7 Å². The SMILES string of the molecule is CCCCN(C)c1sc(C(=O)OCC)c(N)c1C(N)=O. The lowest BCUT2D eigenvalue weighted by Crippen LogP contribution is -2.22. The summed E-state index contributed by atoms with van der Waals surface area (Å²) in [5, 5.41) is 0.617. The second kappa shape index (κ2) is 7.14. The van der Waals surface area contributed by atoms with Crippen molar-refractivity contribution in [1.82, 2.24) is 0 Å². The van der Waals surface area contributed by atoms with Crippen LogP contribution in [-0.4, -0.2) is 32.1 Å². The molecular formula is C13H21N3O3S. The van der Waals surface area contributed by atoms with Gasteiger partial charge in [0.25, 0.3) is 5.91 Å². The summed E-state index contributed by atoms with van der Waals surface area (Å²) in [5.41, 5.74) is 11.6. The molecule has 0 aliphatic heterocycles. The number of hydrogen-bond donors (Lipinski definition) is 2. The van der Waals surface area contributed by atoms with Crippen molar-refractivity contribution in [1.29, 1.82) is 0 Å². The number of primary amides is 1. The molecule has 0 atom stereocenters. The highest BCUT2D eigenvalue weighted by atomic mass is 32.1. The Balaban J connectivity index is 3.19. The van der Waals surface area contributed by atoms with Gasteiger partial charge in [-0.3, -0.25) is 4.79 Å². The van der Waals surface area contributed by atoms with Gasteiger partial charge in [-0.15, -0.1) is 11.3 Å². The normalized spacial score (nSPS) is 10.3. The fraction of sp³-hybridized carbons (Fsp3) is 0.538. The van der Waals surface area contributed by atoms with Crippen LogP contribution in [0.25, 0.3) is 0 Å². The number of esters is 1. The molecule has 0 unspecified atom stereocenters. The highest BCUT2D eigenvalue weighted by Crippen LogP contribution is 2.38. The summed E-state index contributed by atoms with van der Waals surface area (Å²) in [5.74, 6) is -1.15. The Bertz CT molecular complexity index is 499. The Kier molecular flexibility index (Phi) is 5.82. The molecular weight excluding hydrogens is 278 g/mol. The average molecular weight is 299 g/mol. The minimum Gasteiger partial charge on any atom is -0.462 e. The molecule has 1 aromatic heterocycles. The Hall–Kier alpha value is -1.76. The summed E-state index contributed by atoms with van der Waals surface area (Å²) in [6.45, 7) is 4.81. The molecule has 0 aliphatic carbocycles. The summed E-state index contributed by atoms with van der Waals surface area (Å²) in [6, 6.07) is 0. The lowest BCUT2D eigenvalue weighted by atomic mass is 10.2. The lowest BCUT2D eigenvalue weighted by molar-refractivity contribution is 0.0533. The van der Waals surface area contributed by atoms with Gasteiger partial charge in [-0.2, -0.15) is 0 Å². The molecule has 1 amide bonds. The van der Waals surface area contributed by atoms with Gasteiger partial charge in [0, 0.05) is 13.6 Å². The fourth-order valence-corrected chi connectivity index (χ4v) is 2.89. The number of hydrogen-bond acceptors (Lipinski definition) is 6. The maximum atomic E-state index is 11.8. The van der Waals surface area contributed by atoms with Crippen LogP contribution in [0.1, 0.15) is 46.7 Å². The van der Waals surface area contributed by atoms with E-state index in [0.717, 1.165) is 30.7 Å². The Labute approximate surface area is 122 Å². The van der Waals surface area contributed by atoms with Gasteiger partial charge in [-0.05, 0) is 13.3 Å². The van der Waals surface area contributed by atoms with Gasteiger partial charge in [0.1, 0.15) is 9.88 Å². The third-order valence-electron chi connectivity index (χ3n) is 2.83. The molecule has 0 fully saturated rings. The number of nitrogen functional groups attached to an aromatic ring is 1. The standard InChI is InChI=1S/C13H21N3O3S/c1-4-6-7-16(3)12-8(11(15)17)9(14)10(20-12)13(18)19-5-2/h4-7,14H2,1-3H3,(H2,15,17). The van der Waals surface area contributed by atoms with E-state index >= 15 is 0 Å². The molecule has 7 heteroatoms. The van der Waals surface area contributed by atoms with Crippen molar-refractivity contribution < 1.29 is 14.3 Å². The van der Waals surface area contributed by atoms with Gasteiger partial charge < -0.3 is 21.1 Å². The van der Waals surface area contributed by atoms with Crippen molar-refractivity contribution >= 4 is 33.9 Å². The zero-order valence-electron chi connectivity index (χ0n) is 12.1. The van der Waals surface area contributed by atoms with Gasteiger partial charge in [0.05, 0.1) is 17.9 Å². The van der Waals surface area contributed by atoms with E-state index in [0.29, 0.717) is 5.00 Å². The summed E-state index contributed by atoms with van der Waals surface area (Å²) < 4.78 is 4.94. The zero-order chi connectivity index (χ0) is 15.3. The second-order valence-electron chi connectivity index (χ2n) is 4.38. The number of nitrogens with zero attached hydrogens (tertiary/aromatic N) is 1. The maximum absolute atomic E-state index is 11.8. The van der Waals surface area contributed by atoms with Crippen LogP contribution in [0.5, 0.6) is 0 Å². The van der Waals surface area contributed by atoms with Crippen LogP contribution in [-0.2, 0) is 4.74 Å². The van der Waals surface area contributed by atoms with Crippen molar-refractivity contribution in [2.45, 2.75) is 26.7 Å². The molecule has 1 aromatic rings. The smallest absolute Gasteiger partial charge is 0.350 e. The third kappa shape index (κ3) is 3.41. The Morgan fingerprint density at radius 3 is 2.50 bits per heavy atom. The zero-order valence-corrected chi connectivity index (χ0v) is 12.9. The number of ether oxygens (including phenoxy) is 1. The van der Waals surface area contributed by atoms with Crippen LogP contribution in [0.15, 0.2) is 0 Å². The molecule has 0 saturated heterocycles. The van der Waals surface area contributed by atoms with E-state index in [1.54, 1.807) is 6.92 Å². The maximum Gasteiger partial charge on any atom is 0.350 e. The minimum atomic E-state index is -0.632. The number of nitrogens with two attached hydrogens (primary N) is 2. The molecule has 6 nitrogen and oxygen atoms in total. The van der Waals surface area contributed by atoms with E-state index in [2.05, 4.69) is 6.92 Å². The second-order valence-corrected chi connectivity index (χ2v) is 5.38. The summed E-state index contributed by atoms with van der Waals surface area (Å²) in [4.78, 5) is 25.5. The predicted molar refractivity (Wildman–Crippen MR) is 81.4 cm³/mol. The lowest BCUT2D eigenvalue weighted by Gasteiger charge is -2.17. The molecule has 1 heterocycles. The minimum absolute atomic E-state index is 0.110. The van der Waals surface area contributed by atoms with Crippen LogP contribution in [0.2, 0.25) is 0 Å². The van der Waals surface area contributed by atoms with Gasteiger partial charge in [-0.25, -0.2) is 4.79 Å². The quantitative estimate of drug-likeness (QED) is 0.748. The van der Waals surface area contributed by atoms with Crippen molar-refractivity contribution in [2.75, 3.05) is 30.8 Å². The van der Waals surface area contributed by atoms with E-state index in [-0.39, 0.29) is 22.7 Å². The first-order chi connectivity index (χ1) is 9.43. The first kappa shape index (κ1) is 16.3. The molecule has 4 N–H and O–H groups in total. The van der Waals surface area contributed by atoms with E-state index in [4.69, 9.17) is 16.2 Å². The Morgan fingerprint density at radius 1 is 1.35 bits per heavy atom.